The predicted octanol–water partition coefficient (Wildman–Crippen LogP) is 1.03. The summed E-state index contributed by atoms with van der Waals surface area (Å²) in [6, 6.07) is 4.32. The van der Waals surface area contributed by atoms with Crippen LogP contribution in [0.4, 0.5) is 11.4 Å². The minimum atomic E-state index is -2.53. The van der Waals surface area contributed by atoms with Gasteiger partial charge in [0.05, 0.1) is 34.2 Å². The summed E-state index contributed by atoms with van der Waals surface area (Å²) in [4.78, 5) is 12.0. The van der Waals surface area contributed by atoms with Crippen LogP contribution < -0.4 is 9.64 Å². The second-order valence-corrected chi connectivity index (χ2v) is 4.41. The summed E-state index contributed by atoms with van der Waals surface area (Å²) in [5, 5.41) is 10.7. The normalized spacial score (nSPS) is 13.3. The molecule has 0 N–H and O–H groups in total. The van der Waals surface area contributed by atoms with E-state index in [0.717, 1.165) is 0 Å². The molecular weight excluding hydrogens is 365 g/mol. The van der Waals surface area contributed by atoms with Gasteiger partial charge in [0, 0.05) is 51.9 Å². The Hall–Kier alpha value is -0.766. The molecule has 2 rings (SSSR count). The zero-order valence-electron chi connectivity index (χ0n) is 10.4. The van der Waals surface area contributed by atoms with Crippen molar-refractivity contribution < 1.29 is 55.0 Å². The number of hydrogen-bond donors (Lipinski definition) is 0. The van der Waals surface area contributed by atoms with Gasteiger partial charge in [-0.2, -0.15) is 0 Å². The number of benzene rings is 1. The fourth-order valence-electron chi connectivity index (χ4n) is 1.83. The van der Waals surface area contributed by atoms with E-state index in [-0.39, 0.29) is 45.0 Å². The fraction of sp³-hybridized carbons (Fsp3) is 0.400. The number of non-ortho nitro benzene ring substituents is 1. The van der Waals surface area contributed by atoms with E-state index in [1.807, 2.05) is 4.90 Å². The van der Waals surface area contributed by atoms with Crippen molar-refractivity contribution in [3.63, 3.8) is 0 Å². The molecule has 0 saturated carbocycles. The van der Waals surface area contributed by atoms with Crippen molar-refractivity contribution in [2.24, 2.45) is 0 Å². The first kappa shape index (κ1) is 17.3. The van der Waals surface area contributed by atoms with Crippen LogP contribution in [0.15, 0.2) is 18.2 Å². The monoisotopic (exact) mass is 376 g/mol. The second kappa shape index (κ2) is 7.87. The molecule has 1 aromatic rings. The third-order valence-electron chi connectivity index (χ3n) is 2.65. The van der Waals surface area contributed by atoms with Crippen molar-refractivity contribution >= 4 is 22.4 Å². The van der Waals surface area contributed by atoms with Gasteiger partial charge in [-0.25, -0.2) is 0 Å². The van der Waals surface area contributed by atoms with Crippen LogP contribution in [-0.2, 0) is 56.3 Å². The van der Waals surface area contributed by atoms with E-state index < -0.39 is 15.9 Å². The third kappa shape index (κ3) is 4.37. The van der Waals surface area contributed by atoms with Crippen LogP contribution in [0.3, 0.4) is 0 Å². The van der Waals surface area contributed by atoms with E-state index in [1.165, 1.54) is 12.1 Å². The fourth-order valence-corrected chi connectivity index (χ4v) is 2.04. The molecule has 1 aliphatic rings. The van der Waals surface area contributed by atoms with Crippen LogP contribution in [0.2, 0.25) is 0 Å². The van der Waals surface area contributed by atoms with Gasteiger partial charge in [0.2, 0.25) is 0 Å². The molecule has 10 heteroatoms. The second-order valence-electron chi connectivity index (χ2n) is 3.77. The zero-order chi connectivity index (χ0) is 13.8. The summed E-state index contributed by atoms with van der Waals surface area (Å²) >= 11 is 0. The molecule has 0 aliphatic carbocycles. The molecule has 0 aromatic heterocycles. The first-order chi connectivity index (χ1) is 9.08. The van der Waals surface area contributed by atoms with Gasteiger partial charge in [0.25, 0.3) is 5.69 Å². The summed E-state index contributed by atoms with van der Waals surface area (Å²) in [7, 11) is -2.53. The number of rotatable bonds is 5. The number of fused-ring (bicyclic) bond motifs is 1. The molecular formula is C10H11N2O6SY-. The van der Waals surface area contributed by atoms with Gasteiger partial charge in [-0.1, -0.05) is 0 Å². The number of ether oxygens (including phenoxy) is 1. The average molecular weight is 376 g/mol. The Morgan fingerprint density at radius 3 is 2.85 bits per heavy atom. The number of nitrogens with zero attached hydrogens (tertiary/aromatic N) is 2. The maximum atomic E-state index is 10.7. The molecule has 1 aliphatic heterocycles. The third-order valence-corrected chi connectivity index (χ3v) is 3.01. The number of nitro groups is 1. The standard InChI is InChI=1S/C10H11N2O6S.Y/c13-12(14)8-1-2-9-10(7-8)17-5-3-11(9)4-6-18-19(15)16;/h1-2,7H,3-6H2;/q-1;. The summed E-state index contributed by atoms with van der Waals surface area (Å²) in [5.41, 5.74) is 0.648. The van der Waals surface area contributed by atoms with Gasteiger partial charge in [0.1, 0.15) is 12.4 Å². The van der Waals surface area contributed by atoms with Crippen LogP contribution in [0.25, 0.3) is 0 Å². The molecule has 20 heavy (non-hydrogen) atoms. The molecule has 0 atom stereocenters. The van der Waals surface area contributed by atoms with E-state index in [4.69, 9.17) is 4.74 Å². The van der Waals surface area contributed by atoms with Gasteiger partial charge in [-0.3, -0.25) is 10.1 Å². The Labute approximate surface area is 142 Å². The molecule has 107 valence electrons. The van der Waals surface area contributed by atoms with Crippen molar-refractivity contribution in [1.29, 1.82) is 0 Å². The summed E-state index contributed by atoms with van der Waals surface area (Å²) in [6.07, 6.45) is 0. The smallest absolute Gasteiger partial charge is 0.273 e. The van der Waals surface area contributed by atoms with Gasteiger partial charge < -0.3 is 22.2 Å². The van der Waals surface area contributed by atoms with Crippen molar-refractivity contribution in [1.82, 2.24) is 0 Å². The maximum absolute atomic E-state index is 10.7. The Bertz CT molecular complexity index is 557. The first-order valence-electron chi connectivity index (χ1n) is 5.46. The number of nitro benzene ring substituents is 1. The molecule has 0 bridgehead atoms. The van der Waals surface area contributed by atoms with Gasteiger partial charge >= 0.3 is 0 Å². The van der Waals surface area contributed by atoms with Crippen LogP contribution in [0.5, 0.6) is 5.75 Å². The van der Waals surface area contributed by atoms with Crippen molar-refractivity contribution in [2.45, 2.75) is 0 Å². The van der Waals surface area contributed by atoms with Crippen molar-refractivity contribution in [3.05, 3.63) is 28.3 Å². The van der Waals surface area contributed by atoms with E-state index in [2.05, 4.69) is 4.18 Å². The van der Waals surface area contributed by atoms with E-state index in [1.54, 1.807) is 6.07 Å². The van der Waals surface area contributed by atoms with Gasteiger partial charge in [0.15, 0.2) is 0 Å². The predicted molar refractivity (Wildman–Crippen MR) is 65.5 cm³/mol. The topological polar surface area (TPSA) is 99.0 Å². The van der Waals surface area contributed by atoms with E-state index >= 15 is 0 Å². The number of hydrogen-bond acceptors (Lipinski definition) is 8. The van der Waals surface area contributed by atoms with Crippen LogP contribution >= 0.6 is 0 Å². The Morgan fingerprint density at radius 2 is 2.20 bits per heavy atom. The molecule has 1 heterocycles. The zero-order valence-corrected chi connectivity index (χ0v) is 14.0. The van der Waals surface area contributed by atoms with Crippen molar-refractivity contribution in [3.8, 4) is 5.75 Å². The molecule has 0 fully saturated rings. The summed E-state index contributed by atoms with van der Waals surface area (Å²) < 4.78 is 30.3. The molecule has 0 unspecified atom stereocenters. The number of anilines is 1. The first-order valence-corrected chi connectivity index (χ1v) is 6.46. The Kier molecular flexibility index (Phi) is 6.80. The molecule has 0 amide bonds. The Balaban J connectivity index is 0.00000200. The van der Waals surface area contributed by atoms with Gasteiger partial charge in [-0.05, 0) is 6.07 Å². The van der Waals surface area contributed by atoms with Crippen molar-refractivity contribution in [2.75, 3.05) is 31.2 Å². The molecule has 1 aromatic carbocycles. The Morgan fingerprint density at radius 1 is 1.45 bits per heavy atom. The van der Waals surface area contributed by atoms with Gasteiger partial charge in [-0.15, -0.1) is 0 Å². The molecule has 0 saturated heterocycles. The van der Waals surface area contributed by atoms with Crippen LogP contribution in [0.1, 0.15) is 0 Å². The largest absolute Gasteiger partial charge is 0.489 e. The summed E-state index contributed by atoms with van der Waals surface area (Å²) in [5.74, 6) is 0.420. The average Bonchev–Trinajstić information content (AvgIpc) is 2.37. The molecule has 0 spiro atoms. The van der Waals surface area contributed by atoms with E-state index in [0.29, 0.717) is 31.1 Å². The maximum Gasteiger partial charge on any atom is 0.273 e. The SMILES string of the molecule is O=[N+]([O-])c1ccc2c(c1)OCCN2CCO[S-](=O)=O.[Y]. The molecule has 8 nitrogen and oxygen atoms in total. The minimum Gasteiger partial charge on any atom is -0.489 e. The van der Waals surface area contributed by atoms with Crippen LogP contribution in [0, 0.1) is 10.1 Å². The van der Waals surface area contributed by atoms with E-state index in [9.17, 15) is 18.5 Å². The molecule has 1 radical (unpaired) electrons. The van der Waals surface area contributed by atoms with Crippen LogP contribution in [-0.4, -0.2) is 31.2 Å². The summed E-state index contributed by atoms with van der Waals surface area (Å²) in [6.45, 7) is 1.34. The quantitative estimate of drug-likeness (QED) is 0.430. The minimum absolute atomic E-state index is 0.